The highest BCUT2D eigenvalue weighted by Crippen LogP contribution is 2.43. The third-order valence-electron chi connectivity index (χ3n) is 12.9. The van der Waals surface area contributed by atoms with E-state index in [4.69, 9.17) is 28.0 Å². The number of hydrogen-bond acceptors (Lipinski definition) is 15. The number of likely N-dealkylation sites (N-methyl/N-ethyl adjacent to an activating group) is 1. The molecule has 20 heteroatoms. The van der Waals surface area contributed by atoms with Gasteiger partial charge < -0.3 is 28.3 Å². The first-order valence-corrected chi connectivity index (χ1v) is 29.2. The van der Waals surface area contributed by atoms with E-state index in [0.29, 0.717) is 47.8 Å². The van der Waals surface area contributed by atoms with Gasteiger partial charge in [0, 0.05) is 37.8 Å². The van der Waals surface area contributed by atoms with Gasteiger partial charge in [-0.1, -0.05) is 139 Å². The number of esters is 4. The quantitative estimate of drug-likeness (QED) is 0.0123. The standard InChI is InChI=1S/C56H90N3O16P/c1-44-34-36-51(57(64)65)49(40-44)46(3)73-54(61)31-27-23-19-15-11-8-10-14-18-22-26-30-53(60)70-42-48(43-72-76(68,69)71-39-38-59(5,6)7)75-56(63)33-29-25-21-17-13-9-12-16-20-24-28-32-55(62)74-47(4)50-41-45(2)35-37-52(50)58(66)67/h34-37,40-41,46-48H,8-33,38-39,42-43H2,1-7H3/p+1/t46?,47?,48-/m1/s1. The number of nitrogens with zero attached hydrogens (tertiary/aromatic N) is 3. The number of unbranched alkanes of at least 4 members (excludes halogenated alkanes) is 20. The minimum Gasteiger partial charge on any atom is -0.462 e. The van der Waals surface area contributed by atoms with Crippen LogP contribution in [-0.4, -0.2) is 96.7 Å². The molecule has 76 heavy (non-hydrogen) atoms. The summed E-state index contributed by atoms with van der Waals surface area (Å²) in [6.07, 6.45) is 19.3. The fourth-order valence-electron chi connectivity index (χ4n) is 8.49. The molecule has 430 valence electrons. The van der Waals surface area contributed by atoms with Gasteiger partial charge >= 0.3 is 31.7 Å². The van der Waals surface area contributed by atoms with E-state index in [0.717, 1.165) is 127 Å². The van der Waals surface area contributed by atoms with Crippen LogP contribution in [0.2, 0.25) is 0 Å². The highest BCUT2D eigenvalue weighted by Gasteiger charge is 2.28. The van der Waals surface area contributed by atoms with Crippen molar-refractivity contribution >= 4 is 43.1 Å². The second-order valence-corrected chi connectivity index (χ2v) is 22.5. The molecule has 19 nitrogen and oxygen atoms in total. The Hall–Kier alpha value is -4.81. The van der Waals surface area contributed by atoms with E-state index in [1.54, 1.807) is 38.1 Å². The third-order valence-corrected chi connectivity index (χ3v) is 13.9. The zero-order valence-corrected chi connectivity index (χ0v) is 47.7. The van der Waals surface area contributed by atoms with Crippen molar-refractivity contribution in [2.45, 2.75) is 213 Å². The smallest absolute Gasteiger partial charge is 0.462 e. The van der Waals surface area contributed by atoms with Crippen molar-refractivity contribution in [2.24, 2.45) is 0 Å². The molecule has 0 spiro atoms. The molecule has 0 amide bonds. The van der Waals surface area contributed by atoms with Crippen molar-refractivity contribution in [1.29, 1.82) is 0 Å². The molecule has 1 N–H and O–H groups in total. The average Bonchev–Trinajstić information content (AvgIpc) is 3.34. The predicted octanol–water partition coefficient (Wildman–Crippen LogP) is 13.5. The lowest BCUT2D eigenvalue weighted by Crippen LogP contribution is -2.37. The first-order chi connectivity index (χ1) is 36.1. The van der Waals surface area contributed by atoms with Gasteiger partial charge in [0.15, 0.2) is 6.10 Å². The maximum absolute atomic E-state index is 12.8. The van der Waals surface area contributed by atoms with E-state index in [9.17, 15) is 48.9 Å². The van der Waals surface area contributed by atoms with Crippen LogP contribution in [0, 0.1) is 34.1 Å². The minimum atomic E-state index is -4.46. The monoisotopic (exact) mass is 1090 g/mol. The summed E-state index contributed by atoms with van der Waals surface area (Å²) in [7, 11) is 1.28. The molecule has 2 aromatic carbocycles. The van der Waals surface area contributed by atoms with Gasteiger partial charge in [-0.05, 0) is 65.5 Å². The summed E-state index contributed by atoms with van der Waals surface area (Å²) in [5.74, 6) is -1.68. The molecule has 0 aliphatic carbocycles. The number of phosphoric ester groups is 1. The fraction of sp³-hybridized carbons (Fsp3) is 0.714. The van der Waals surface area contributed by atoms with E-state index in [1.807, 2.05) is 35.0 Å². The van der Waals surface area contributed by atoms with Gasteiger partial charge in [-0.3, -0.25) is 48.5 Å². The molecule has 2 rings (SSSR count). The van der Waals surface area contributed by atoms with E-state index in [1.165, 1.54) is 12.1 Å². The Labute approximate surface area is 451 Å². The van der Waals surface area contributed by atoms with Crippen molar-refractivity contribution < 1.29 is 71.0 Å². The van der Waals surface area contributed by atoms with Gasteiger partial charge in [-0.15, -0.1) is 0 Å². The van der Waals surface area contributed by atoms with Crippen molar-refractivity contribution in [3.63, 3.8) is 0 Å². The second kappa shape index (κ2) is 37.9. The molecule has 0 aliphatic rings. The maximum Gasteiger partial charge on any atom is 0.472 e. The van der Waals surface area contributed by atoms with Gasteiger partial charge in [-0.25, -0.2) is 4.57 Å². The molecule has 2 aromatic rings. The van der Waals surface area contributed by atoms with Crippen molar-refractivity contribution in [2.75, 3.05) is 47.5 Å². The molecule has 0 aliphatic heterocycles. The average molecular weight is 1090 g/mol. The zero-order chi connectivity index (χ0) is 56.4. The molecular formula is C56H91N3O16P+. The largest absolute Gasteiger partial charge is 0.472 e. The summed E-state index contributed by atoms with van der Waals surface area (Å²) in [5.41, 5.74) is 2.40. The third kappa shape index (κ3) is 32.1. The van der Waals surface area contributed by atoms with E-state index in [-0.39, 0.29) is 62.2 Å². The summed E-state index contributed by atoms with van der Waals surface area (Å²) in [4.78, 5) is 82.4. The molecule has 0 fully saturated rings. The lowest BCUT2D eigenvalue weighted by molar-refractivity contribution is -0.870. The summed E-state index contributed by atoms with van der Waals surface area (Å²) in [5, 5.41) is 22.8. The zero-order valence-electron chi connectivity index (χ0n) is 46.8. The number of quaternary nitrogens is 1. The number of ether oxygens (including phenoxy) is 4. The first-order valence-electron chi connectivity index (χ1n) is 27.7. The summed E-state index contributed by atoms with van der Waals surface area (Å²) in [6.45, 7) is 6.62. The number of carbonyl (C=O) groups is 4. The van der Waals surface area contributed by atoms with E-state index < -0.39 is 54.5 Å². The number of nitro benzene ring substituents is 2. The molecule has 0 radical (unpaired) electrons. The minimum absolute atomic E-state index is 0.0255. The SMILES string of the molecule is Cc1ccc([N+](=O)[O-])c(C(C)OC(=O)CCCCCCCCCCCCCC(=O)OC[C@H](COP(=O)(O)OCC[N+](C)(C)C)OC(=O)CCCCCCCCCCCCCC(=O)OC(C)c2cc(C)ccc2[N+](=O)[O-])c1. The van der Waals surface area contributed by atoms with Crippen LogP contribution in [0.3, 0.4) is 0 Å². The Bertz CT molecular complexity index is 2110. The van der Waals surface area contributed by atoms with Crippen LogP contribution < -0.4 is 0 Å². The lowest BCUT2D eigenvalue weighted by Gasteiger charge is -2.24. The Kier molecular flexibility index (Phi) is 33.5. The molecule has 0 bridgehead atoms. The second-order valence-electron chi connectivity index (χ2n) is 21.1. The van der Waals surface area contributed by atoms with Crippen LogP contribution in [0.4, 0.5) is 11.4 Å². The first kappa shape index (κ1) is 67.3. The van der Waals surface area contributed by atoms with Gasteiger partial charge in [0.25, 0.3) is 11.4 Å². The maximum atomic E-state index is 12.8. The Morgan fingerprint density at radius 3 is 1.20 bits per heavy atom. The highest BCUT2D eigenvalue weighted by molar-refractivity contribution is 7.47. The fourth-order valence-corrected chi connectivity index (χ4v) is 9.24. The van der Waals surface area contributed by atoms with E-state index >= 15 is 0 Å². The van der Waals surface area contributed by atoms with Crippen LogP contribution >= 0.6 is 7.82 Å². The van der Waals surface area contributed by atoms with Crippen molar-refractivity contribution in [3.8, 4) is 0 Å². The van der Waals surface area contributed by atoms with Crippen molar-refractivity contribution in [1.82, 2.24) is 0 Å². The molecular weight excluding hydrogens is 1000 g/mol. The number of rotatable bonds is 44. The van der Waals surface area contributed by atoms with Crippen LogP contribution in [0.5, 0.6) is 0 Å². The van der Waals surface area contributed by atoms with E-state index in [2.05, 4.69) is 0 Å². The van der Waals surface area contributed by atoms with Crippen LogP contribution in [0.15, 0.2) is 36.4 Å². The molecule has 0 saturated carbocycles. The van der Waals surface area contributed by atoms with Gasteiger partial charge in [0.1, 0.15) is 32.0 Å². The van der Waals surface area contributed by atoms with Gasteiger partial charge in [0.05, 0.1) is 48.7 Å². The number of aryl methyl sites for hydroxylation is 2. The Morgan fingerprint density at radius 1 is 0.526 bits per heavy atom. The Balaban J connectivity index is 1.57. The van der Waals surface area contributed by atoms with Crippen LogP contribution in [0.1, 0.15) is 215 Å². The topological polar surface area (TPSA) is 247 Å². The number of hydrogen-bond donors (Lipinski definition) is 1. The normalized spacial score (nSPS) is 13.5. The van der Waals surface area contributed by atoms with Crippen molar-refractivity contribution in [3.05, 3.63) is 78.9 Å². The number of phosphoric acid groups is 1. The molecule has 3 unspecified atom stereocenters. The van der Waals surface area contributed by atoms with Crippen LogP contribution in [0.25, 0.3) is 0 Å². The lowest BCUT2D eigenvalue weighted by atomic mass is 10.0. The highest BCUT2D eigenvalue weighted by atomic mass is 31.2. The molecule has 0 saturated heterocycles. The number of nitro groups is 2. The summed E-state index contributed by atoms with van der Waals surface area (Å²) < 4.78 is 45.4. The summed E-state index contributed by atoms with van der Waals surface area (Å²) in [6, 6.07) is 9.57. The van der Waals surface area contributed by atoms with Gasteiger partial charge in [0.2, 0.25) is 0 Å². The molecule has 0 aromatic heterocycles. The number of carbonyl (C=O) groups excluding carboxylic acids is 4. The predicted molar refractivity (Wildman–Crippen MR) is 290 cm³/mol. The number of benzene rings is 2. The molecule has 4 atom stereocenters. The molecule has 0 heterocycles. The summed E-state index contributed by atoms with van der Waals surface area (Å²) >= 11 is 0. The Morgan fingerprint density at radius 2 is 0.855 bits per heavy atom. The van der Waals surface area contributed by atoms with Crippen LogP contribution in [-0.2, 0) is 51.7 Å². The van der Waals surface area contributed by atoms with Gasteiger partial charge in [-0.2, -0.15) is 0 Å².